The molecule has 4 nitrogen and oxygen atoms in total. The molecule has 0 bridgehead atoms. The van der Waals surface area contributed by atoms with Gasteiger partial charge in [-0.2, -0.15) is 0 Å². The molecule has 2 N–H and O–H groups in total. The second-order valence-electron chi connectivity index (χ2n) is 8.73. The van der Waals surface area contributed by atoms with E-state index in [2.05, 4.69) is 0 Å². The highest BCUT2D eigenvalue weighted by Crippen LogP contribution is 2.35. The second kappa shape index (κ2) is 10.8. The fraction of sp³-hybridized carbons (Fsp3) is 0.727. The largest absolute Gasteiger partial charge is 0.487 e. The Morgan fingerprint density at radius 2 is 1.25 bits per heavy atom. The quantitative estimate of drug-likeness (QED) is 0.628. The van der Waals surface area contributed by atoms with Gasteiger partial charge in [-0.3, -0.25) is 0 Å². The van der Waals surface area contributed by atoms with Crippen molar-refractivity contribution in [2.75, 3.05) is 0 Å². The van der Waals surface area contributed by atoms with Crippen LogP contribution in [-0.2, 0) is 0 Å². The van der Waals surface area contributed by atoms with E-state index in [1.54, 1.807) is 0 Å². The third kappa shape index (κ3) is 5.62. The van der Waals surface area contributed by atoms with Gasteiger partial charge in [0.1, 0.15) is 23.7 Å². The molecule has 0 aliphatic heterocycles. The summed E-state index contributed by atoms with van der Waals surface area (Å²) in [7, 11) is 2.40. The number of aliphatic hydroxyl groups is 2. The minimum Gasteiger partial charge on any atom is -0.487 e. The fourth-order valence-electron chi connectivity index (χ4n) is 5.11. The topological polar surface area (TPSA) is 58.9 Å². The van der Waals surface area contributed by atoms with Gasteiger partial charge in [-0.1, -0.05) is 31.0 Å². The van der Waals surface area contributed by atoms with Gasteiger partial charge in [-0.15, -0.1) is 0 Å². The molecule has 6 unspecified atom stereocenters. The van der Waals surface area contributed by atoms with Crippen LogP contribution < -0.4 is 9.47 Å². The summed E-state index contributed by atoms with van der Waals surface area (Å²) in [4.78, 5) is 0. The number of hydrogen-bond acceptors (Lipinski definition) is 4. The number of benzene rings is 1. The van der Waals surface area contributed by atoms with E-state index in [-0.39, 0.29) is 24.4 Å². The average Bonchev–Trinajstić information content (AvgIpc) is 2.68. The molecule has 0 radical (unpaired) electrons. The van der Waals surface area contributed by atoms with Crippen LogP contribution in [0.15, 0.2) is 24.3 Å². The zero-order valence-corrected chi connectivity index (χ0v) is 21.6. The van der Waals surface area contributed by atoms with Crippen LogP contribution in [0.3, 0.4) is 0 Å². The maximum absolute atomic E-state index is 10.5. The molecular formula is C22H38O4Si2. The van der Waals surface area contributed by atoms with Crippen molar-refractivity contribution in [3.63, 3.8) is 0 Å². The van der Waals surface area contributed by atoms with Gasteiger partial charge in [0, 0.05) is 26.6 Å². The Morgan fingerprint density at radius 3 is 1.68 bits per heavy atom. The maximum atomic E-state index is 10.5. The molecule has 2 fully saturated rings. The van der Waals surface area contributed by atoms with E-state index in [4.69, 9.17) is 9.47 Å². The van der Waals surface area contributed by atoms with Crippen molar-refractivity contribution in [2.24, 2.45) is 11.8 Å². The number of rotatable bonds is 8. The maximum Gasteiger partial charge on any atom is 0.127 e. The van der Waals surface area contributed by atoms with E-state index in [9.17, 15) is 10.2 Å². The summed E-state index contributed by atoms with van der Waals surface area (Å²) in [6.45, 7) is 0. The highest BCUT2D eigenvalue weighted by Gasteiger charge is 2.35. The summed E-state index contributed by atoms with van der Waals surface area (Å²) in [5.41, 5.74) is 0. The van der Waals surface area contributed by atoms with Crippen molar-refractivity contribution in [1.82, 2.24) is 0 Å². The molecule has 1 aromatic rings. The van der Waals surface area contributed by atoms with Gasteiger partial charge in [0.2, 0.25) is 0 Å². The van der Waals surface area contributed by atoms with Crippen LogP contribution in [0.4, 0.5) is 0 Å². The summed E-state index contributed by atoms with van der Waals surface area (Å²) >= 11 is 0. The van der Waals surface area contributed by atoms with E-state index >= 15 is 0 Å². The summed E-state index contributed by atoms with van der Waals surface area (Å²) < 4.78 is 12.6. The first-order chi connectivity index (χ1) is 13.6. The predicted molar refractivity (Wildman–Crippen MR) is 121 cm³/mol. The van der Waals surface area contributed by atoms with Crippen LogP contribution in [0, 0.1) is 11.8 Å². The highest BCUT2D eigenvalue weighted by atomic mass is 28.1. The summed E-state index contributed by atoms with van der Waals surface area (Å²) in [5.74, 6) is 2.44. The Kier molecular flexibility index (Phi) is 8.44. The zero-order chi connectivity index (χ0) is 19.9. The van der Waals surface area contributed by atoms with Gasteiger partial charge in [-0.05, 0) is 62.5 Å². The molecule has 0 aromatic heterocycles. The number of ether oxygens (including phenoxy) is 2. The van der Waals surface area contributed by atoms with Crippen LogP contribution in [-0.4, -0.2) is 55.1 Å². The molecule has 28 heavy (non-hydrogen) atoms. The van der Waals surface area contributed by atoms with Gasteiger partial charge in [0.05, 0.1) is 12.2 Å². The SMILES string of the molecule is OC1CCCC(CC[SiH3])C1Oc1cccc(OC2C(O)CCCC2CC[SiH3])c1. The molecule has 1 aromatic carbocycles. The van der Waals surface area contributed by atoms with Gasteiger partial charge >= 0.3 is 0 Å². The van der Waals surface area contributed by atoms with Gasteiger partial charge in [-0.25, -0.2) is 0 Å². The molecule has 0 amide bonds. The predicted octanol–water partition coefficient (Wildman–Crippen LogP) is 1.85. The Labute approximate surface area is 175 Å². The summed E-state index contributed by atoms with van der Waals surface area (Å²) in [6, 6.07) is 10.3. The monoisotopic (exact) mass is 422 g/mol. The third-order valence-corrected chi connectivity index (χ3v) is 7.66. The van der Waals surface area contributed by atoms with E-state index < -0.39 is 0 Å². The lowest BCUT2D eigenvalue weighted by Gasteiger charge is -2.36. The Balaban J connectivity index is 1.69. The van der Waals surface area contributed by atoms with Gasteiger partial charge in [0.15, 0.2) is 0 Å². The van der Waals surface area contributed by atoms with Crippen LogP contribution >= 0.6 is 0 Å². The molecule has 2 aliphatic rings. The smallest absolute Gasteiger partial charge is 0.127 e. The van der Waals surface area contributed by atoms with Crippen molar-refractivity contribution in [1.29, 1.82) is 0 Å². The van der Waals surface area contributed by atoms with Crippen LogP contribution in [0.25, 0.3) is 0 Å². The van der Waals surface area contributed by atoms with Crippen molar-refractivity contribution >= 4 is 20.5 Å². The minimum atomic E-state index is -0.380. The van der Waals surface area contributed by atoms with Gasteiger partial charge < -0.3 is 19.7 Å². The van der Waals surface area contributed by atoms with Gasteiger partial charge in [0.25, 0.3) is 0 Å². The summed E-state index contributed by atoms with van der Waals surface area (Å²) in [6.07, 6.45) is 7.46. The standard InChI is InChI=1S/C22H38O4Si2/c23-19-8-1-4-15(10-12-27)21(19)25-17-6-3-7-18(14-17)26-22-16(11-13-28)5-2-9-20(22)24/h3,6-7,14-16,19-24H,1-2,4-5,8-13H2,27-28H3. The fourth-order valence-corrected chi connectivity index (χ4v) is 6.59. The van der Waals surface area contributed by atoms with E-state index in [0.717, 1.165) is 62.9 Å². The lowest BCUT2D eigenvalue weighted by molar-refractivity contribution is -0.0331. The average molecular weight is 423 g/mol. The molecular weight excluding hydrogens is 384 g/mol. The third-order valence-electron chi connectivity index (χ3n) is 6.51. The first kappa shape index (κ1) is 21.9. The lowest BCUT2D eigenvalue weighted by atomic mass is 9.82. The molecule has 0 saturated heterocycles. The normalized spacial score (nSPS) is 33.6. The molecule has 0 spiro atoms. The van der Waals surface area contributed by atoms with Crippen molar-refractivity contribution in [3.8, 4) is 11.5 Å². The minimum absolute atomic E-state index is 0.115. The first-order valence-corrected chi connectivity index (χ1v) is 14.2. The second-order valence-corrected chi connectivity index (χ2v) is 10.7. The van der Waals surface area contributed by atoms with Crippen molar-refractivity contribution < 1.29 is 19.7 Å². The zero-order valence-electron chi connectivity index (χ0n) is 17.6. The Morgan fingerprint density at radius 1 is 0.786 bits per heavy atom. The van der Waals surface area contributed by atoms with Crippen molar-refractivity contribution in [3.05, 3.63) is 24.3 Å². The molecule has 2 saturated carbocycles. The van der Waals surface area contributed by atoms with E-state index in [0.29, 0.717) is 11.8 Å². The van der Waals surface area contributed by atoms with E-state index in [1.165, 1.54) is 32.6 Å². The Bertz CT molecular complexity index is 548. The lowest BCUT2D eigenvalue weighted by Crippen LogP contribution is -2.42. The molecule has 158 valence electrons. The molecule has 3 rings (SSSR count). The number of hydrogen-bond donors (Lipinski definition) is 2. The Hall–Kier alpha value is -0.826. The molecule has 0 heterocycles. The highest BCUT2D eigenvalue weighted by molar-refractivity contribution is 6.08. The van der Waals surface area contributed by atoms with Crippen LogP contribution in [0.5, 0.6) is 11.5 Å². The van der Waals surface area contributed by atoms with Crippen LogP contribution in [0.2, 0.25) is 12.1 Å². The van der Waals surface area contributed by atoms with Crippen LogP contribution in [0.1, 0.15) is 51.4 Å². The van der Waals surface area contributed by atoms with E-state index in [1.807, 2.05) is 24.3 Å². The molecule has 6 heteroatoms. The molecule has 2 aliphatic carbocycles. The summed E-state index contributed by atoms with van der Waals surface area (Å²) in [5, 5.41) is 21.0. The number of aliphatic hydroxyl groups excluding tert-OH is 2. The molecule has 6 atom stereocenters. The van der Waals surface area contributed by atoms with Crippen molar-refractivity contribution in [2.45, 2.75) is 87.9 Å². The first-order valence-electron chi connectivity index (χ1n) is 11.4.